The zero-order valence-electron chi connectivity index (χ0n) is 20.0. The van der Waals surface area contributed by atoms with Gasteiger partial charge in [0.25, 0.3) is 5.91 Å². The number of benzene rings is 2. The minimum atomic E-state index is -3.74. The molecule has 0 atom stereocenters. The van der Waals surface area contributed by atoms with Crippen LogP contribution in [0.2, 0.25) is 0 Å². The van der Waals surface area contributed by atoms with E-state index in [1.165, 1.54) is 20.3 Å². The number of aryl methyl sites for hydroxylation is 1. The van der Waals surface area contributed by atoms with Gasteiger partial charge in [0.15, 0.2) is 11.5 Å². The largest absolute Gasteiger partial charge is 0.493 e. The Kier molecular flexibility index (Phi) is 8.03. The van der Waals surface area contributed by atoms with Crippen LogP contribution in [0.3, 0.4) is 0 Å². The highest BCUT2D eigenvalue weighted by Crippen LogP contribution is 2.34. The molecule has 2 amide bonds. The number of carbonyl (C=O) groups is 2. The highest BCUT2D eigenvalue weighted by atomic mass is 32.2. The van der Waals surface area contributed by atoms with Crippen LogP contribution in [0.1, 0.15) is 35.2 Å². The van der Waals surface area contributed by atoms with Crippen LogP contribution in [-0.2, 0) is 14.8 Å². The third-order valence-electron chi connectivity index (χ3n) is 5.74. The van der Waals surface area contributed by atoms with E-state index in [9.17, 15) is 18.0 Å². The van der Waals surface area contributed by atoms with Gasteiger partial charge in [0.1, 0.15) is 6.54 Å². The number of amides is 2. The van der Waals surface area contributed by atoms with E-state index in [2.05, 4.69) is 5.32 Å². The maximum absolute atomic E-state index is 13.3. The van der Waals surface area contributed by atoms with E-state index in [1.807, 2.05) is 0 Å². The molecule has 1 aliphatic rings. The van der Waals surface area contributed by atoms with Crippen molar-refractivity contribution in [3.63, 3.8) is 0 Å². The summed E-state index contributed by atoms with van der Waals surface area (Å²) in [5.74, 6) is -0.117. The molecule has 9 nitrogen and oxygen atoms in total. The quantitative estimate of drug-likeness (QED) is 0.611. The van der Waals surface area contributed by atoms with Gasteiger partial charge in [-0.2, -0.15) is 0 Å². The van der Waals surface area contributed by atoms with Crippen LogP contribution in [-0.4, -0.2) is 65.2 Å². The molecule has 1 saturated heterocycles. The Morgan fingerprint density at radius 3 is 2.24 bits per heavy atom. The number of piperidine rings is 1. The summed E-state index contributed by atoms with van der Waals surface area (Å²) in [6.07, 6.45) is 3.95. The predicted octanol–water partition coefficient (Wildman–Crippen LogP) is 3.04. The van der Waals surface area contributed by atoms with Crippen LogP contribution in [0.15, 0.2) is 36.4 Å². The summed E-state index contributed by atoms with van der Waals surface area (Å²) in [6.45, 7) is 2.59. The average molecular weight is 490 g/mol. The molecule has 2 aromatic carbocycles. The number of nitrogens with zero attached hydrogens (tertiary/aromatic N) is 2. The molecule has 10 heteroatoms. The average Bonchev–Trinajstić information content (AvgIpc) is 2.82. The Bertz CT molecular complexity index is 1160. The maximum atomic E-state index is 13.3. The molecule has 1 heterocycles. The van der Waals surface area contributed by atoms with Crippen LogP contribution in [0.4, 0.5) is 11.4 Å². The Morgan fingerprint density at radius 1 is 1.03 bits per heavy atom. The first-order chi connectivity index (χ1) is 16.2. The lowest BCUT2D eigenvalue weighted by Crippen LogP contribution is -2.39. The fraction of sp³-hybridized carbons (Fsp3) is 0.417. The molecular formula is C24H31N3O6S. The van der Waals surface area contributed by atoms with Crippen LogP contribution in [0.25, 0.3) is 0 Å². The van der Waals surface area contributed by atoms with Gasteiger partial charge in [-0.1, -0.05) is 18.2 Å². The fourth-order valence-electron chi connectivity index (χ4n) is 3.97. The summed E-state index contributed by atoms with van der Waals surface area (Å²) in [5, 5.41) is 2.72. The van der Waals surface area contributed by atoms with Crippen LogP contribution in [0, 0.1) is 6.92 Å². The van der Waals surface area contributed by atoms with Crippen LogP contribution in [0.5, 0.6) is 11.5 Å². The van der Waals surface area contributed by atoms with Crippen molar-refractivity contribution in [3.05, 3.63) is 47.5 Å². The lowest BCUT2D eigenvalue weighted by molar-refractivity contribution is -0.114. The summed E-state index contributed by atoms with van der Waals surface area (Å²) in [5.41, 5.74) is 1.62. The molecule has 1 N–H and O–H groups in total. The van der Waals surface area contributed by atoms with Gasteiger partial charge in [-0.25, -0.2) is 8.42 Å². The number of para-hydroxylation sites is 1. The molecule has 34 heavy (non-hydrogen) atoms. The number of carbonyl (C=O) groups excluding carboxylic acids is 2. The van der Waals surface area contributed by atoms with Gasteiger partial charge in [0.2, 0.25) is 15.9 Å². The molecule has 0 saturated carbocycles. The summed E-state index contributed by atoms with van der Waals surface area (Å²) in [6, 6.07) is 9.98. The van der Waals surface area contributed by atoms with E-state index < -0.39 is 22.5 Å². The van der Waals surface area contributed by atoms with Crippen molar-refractivity contribution < 1.29 is 27.5 Å². The van der Waals surface area contributed by atoms with E-state index >= 15 is 0 Å². The van der Waals surface area contributed by atoms with Crippen molar-refractivity contribution in [1.82, 2.24) is 4.90 Å². The van der Waals surface area contributed by atoms with Crippen LogP contribution < -0.4 is 19.1 Å². The zero-order valence-corrected chi connectivity index (χ0v) is 20.8. The van der Waals surface area contributed by atoms with Gasteiger partial charge in [0, 0.05) is 19.2 Å². The molecule has 0 unspecified atom stereocenters. The van der Waals surface area contributed by atoms with Gasteiger partial charge in [-0.3, -0.25) is 13.9 Å². The molecule has 3 rings (SSSR count). The number of ether oxygens (including phenoxy) is 2. The predicted molar refractivity (Wildman–Crippen MR) is 131 cm³/mol. The molecule has 0 aromatic heterocycles. The van der Waals surface area contributed by atoms with Crippen molar-refractivity contribution in [3.8, 4) is 11.5 Å². The number of anilines is 2. The number of sulfonamides is 1. The van der Waals surface area contributed by atoms with Gasteiger partial charge < -0.3 is 19.7 Å². The molecule has 0 bridgehead atoms. The Morgan fingerprint density at radius 2 is 1.65 bits per heavy atom. The van der Waals surface area contributed by atoms with Crippen molar-refractivity contribution >= 4 is 33.2 Å². The first-order valence-corrected chi connectivity index (χ1v) is 12.9. The molecular weight excluding hydrogens is 458 g/mol. The second-order valence-corrected chi connectivity index (χ2v) is 10.1. The maximum Gasteiger partial charge on any atom is 0.256 e. The molecule has 1 aliphatic heterocycles. The number of hydrogen-bond acceptors (Lipinski definition) is 6. The lowest BCUT2D eigenvalue weighted by Gasteiger charge is -2.28. The summed E-state index contributed by atoms with van der Waals surface area (Å²) in [4.78, 5) is 28.1. The number of hydrogen-bond donors (Lipinski definition) is 1. The van der Waals surface area contributed by atoms with Gasteiger partial charge in [-0.15, -0.1) is 0 Å². The second kappa shape index (κ2) is 10.8. The minimum Gasteiger partial charge on any atom is -0.493 e. The van der Waals surface area contributed by atoms with Crippen molar-refractivity contribution in [2.75, 3.05) is 49.7 Å². The van der Waals surface area contributed by atoms with E-state index in [0.29, 0.717) is 35.8 Å². The van der Waals surface area contributed by atoms with Gasteiger partial charge in [0.05, 0.1) is 37.4 Å². The highest BCUT2D eigenvalue weighted by Gasteiger charge is 2.26. The number of nitrogens with one attached hydrogen (secondary N) is 1. The Hall–Kier alpha value is -3.27. The summed E-state index contributed by atoms with van der Waals surface area (Å²) >= 11 is 0. The van der Waals surface area contributed by atoms with E-state index in [1.54, 1.807) is 42.2 Å². The standard InChI is InChI=1S/C24H31N3O6S/c1-17-10-6-7-11-20(17)27(34(4,30)31)16-23(28)25-19-15-22(33-3)21(32-2)14-18(19)24(29)26-12-8-5-9-13-26/h6-7,10-11,14-15H,5,8-9,12-13,16H2,1-4H3,(H,25,28). The van der Waals surface area contributed by atoms with Crippen LogP contribution >= 0.6 is 0 Å². The minimum absolute atomic E-state index is 0.227. The van der Waals surface area contributed by atoms with Crippen molar-refractivity contribution in [2.45, 2.75) is 26.2 Å². The second-order valence-electron chi connectivity index (χ2n) is 8.21. The van der Waals surface area contributed by atoms with E-state index in [0.717, 1.165) is 29.8 Å². The highest BCUT2D eigenvalue weighted by molar-refractivity contribution is 7.92. The Balaban J connectivity index is 1.94. The van der Waals surface area contributed by atoms with Crippen molar-refractivity contribution in [2.24, 2.45) is 0 Å². The summed E-state index contributed by atoms with van der Waals surface area (Å²) < 4.78 is 36.7. The van der Waals surface area contributed by atoms with E-state index in [4.69, 9.17) is 9.47 Å². The Labute approximate surface area is 200 Å². The van der Waals surface area contributed by atoms with Crippen molar-refractivity contribution in [1.29, 1.82) is 0 Å². The molecule has 2 aromatic rings. The fourth-order valence-corrected chi connectivity index (χ4v) is 4.89. The number of likely N-dealkylation sites (tertiary alicyclic amines) is 1. The van der Waals surface area contributed by atoms with Gasteiger partial charge >= 0.3 is 0 Å². The number of methoxy groups -OCH3 is 2. The number of rotatable bonds is 8. The smallest absolute Gasteiger partial charge is 0.256 e. The first-order valence-electron chi connectivity index (χ1n) is 11.0. The molecule has 0 radical (unpaired) electrons. The zero-order chi connectivity index (χ0) is 24.9. The summed E-state index contributed by atoms with van der Waals surface area (Å²) in [7, 11) is -0.815. The normalized spacial score (nSPS) is 13.8. The topological polar surface area (TPSA) is 105 Å². The molecule has 0 aliphatic carbocycles. The molecule has 184 valence electrons. The SMILES string of the molecule is COc1cc(NC(=O)CN(c2ccccc2C)S(C)(=O)=O)c(C(=O)N2CCCCC2)cc1OC. The lowest BCUT2D eigenvalue weighted by atomic mass is 10.1. The molecule has 0 spiro atoms. The third-order valence-corrected chi connectivity index (χ3v) is 6.87. The molecule has 1 fully saturated rings. The van der Waals surface area contributed by atoms with E-state index in [-0.39, 0.29) is 17.2 Å². The monoisotopic (exact) mass is 489 g/mol. The first kappa shape index (κ1) is 25.4. The third kappa shape index (κ3) is 5.80. The van der Waals surface area contributed by atoms with Gasteiger partial charge in [-0.05, 0) is 43.9 Å².